The van der Waals surface area contributed by atoms with Crippen molar-refractivity contribution in [2.75, 3.05) is 19.7 Å². The molecule has 0 aromatic carbocycles. The molecule has 4 N–H and O–H groups in total. The van der Waals surface area contributed by atoms with E-state index in [-0.39, 0.29) is 12.0 Å². The summed E-state index contributed by atoms with van der Waals surface area (Å²) in [4.78, 5) is 11.6. The lowest BCUT2D eigenvalue weighted by Gasteiger charge is -2.42. The molecule has 0 aromatic heterocycles. The van der Waals surface area contributed by atoms with Crippen molar-refractivity contribution in [1.29, 1.82) is 0 Å². The summed E-state index contributed by atoms with van der Waals surface area (Å²) in [5.74, 6) is 0. The van der Waals surface area contributed by atoms with Gasteiger partial charge in [0.25, 0.3) is 0 Å². The van der Waals surface area contributed by atoms with Crippen LogP contribution in [0.15, 0.2) is 0 Å². The monoisotopic (exact) mass is 260 g/mol. The Hall–Kier alpha value is -0.810. The topological polar surface area (TPSA) is 84.6 Å². The third-order valence-electron chi connectivity index (χ3n) is 3.50. The number of rotatable bonds is 5. The summed E-state index contributed by atoms with van der Waals surface area (Å²) >= 11 is 0. The third-order valence-corrected chi connectivity index (χ3v) is 3.50. The number of ether oxygens (including phenoxy) is 1. The van der Waals surface area contributed by atoms with Crippen molar-refractivity contribution in [3.8, 4) is 0 Å². The van der Waals surface area contributed by atoms with Gasteiger partial charge < -0.3 is 20.9 Å². The van der Waals surface area contributed by atoms with Gasteiger partial charge in [-0.15, -0.1) is 0 Å². The minimum Gasteiger partial charge on any atom is -0.444 e. The fraction of sp³-hybridized carbons (Fsp3) is 0.923. The van der Waals surface area contributed by atoms with E-state index in [9.17, 15) is 9.90 Å². The highest BCUT2D eigenvalue weighted by atomic mass is 16.6. The van der Waals surface area contributed by atoms with Crippen molar-refractivity contribution in [3.63, 3.8) is 0 Å². The molecule has 1 atom stereocenters. The van der Waals surface area contributed by atoms with Gasteiger partial charge in [-0.2, -0.15) is 0 Å². The second kappa shape index (κ2) is 5.89. The SMILES string of the molecule is CC(C)(C)OC(=O)NCC(C)(CN)C(C)(C)CO. The van der Waals surface area contributed by atoms with Crippen molar-refractivity contribution in [1.82, 2.24) is 5.32 Å². The van der Waals surface area contributed by atoms with Crippen molar-refractivity contribution in [2.24, 2.45) is 16.6 Å². The van der Waals surface area contributed by atoms with E-state index in [2.05, 4.69) is 5.32 Å². The maximum absolute atomic E-state index is 11.6. The highest BCUT2D eigenvalue weighted by Crippen LogP contribution is 2.36. The molecule has 0 aromatic rings. The maximum atomic E-state index is 11.6. The Bertz CT molecular complexity index is 284. The van der Waals surface area contributed by atoms with Crippen LogP contribution in [0.5, 0.6) is 0 Å². The molecule has 0 aliphatic rings. The van der Waals surface area contributed by atoms with E-state index in [0.717, 1.165) is 0 Å². The number of carbonyl (C=O) groups excluding carboxylic acids is 1. The number of amides is 1. The Morgan fingerprint density at radius 3 is 2.06 bits per heavy atom. The van der Waals surface area contributed by atoms with Gasteiger partial charge in [-0.3, -0.25) is 0 Å². The fourth-order valence-corrected chi connectivity index (χ4v) is 1.36. The van der Waals surface area contributed by atoms with Gasteiger partial charge in [0, 0.05) is 18.6 Å². The summed E-state index contributed by atoms with van der Waals surface area (Å²) in [5.41, 5.74) is 4.49. The van der Waals surface area contributed by atoms with E-state index in [1.54, 1.807) is 0 Å². The summed E-state index contributed by atoms with van der Waals surface area (Å²) in [6, 6.07) is 0. The average molecular weight is 260 g/mol. The van der Waals surface area contributed by atoms with Crippen LogP contribution in [0.4, 0.5) is 4.79 Å². The van der Waals surface area contributed by atoms with Crippen LogP contribution in [0, 0.1) is 10.8 Å². The van der Waals surface area contributed by atoms with E-state index in [1.165, 1.54) is 0 Å². The van der Waals surface area contributed by atoms with Crippen LogP contribution < -0.4 is 11.1 Å². The van der Waals surface area contributed by atoms with Crippen LogP contribution in [0.3, 0.4) is 0 Å². The van der Waals surface area contributed by atoms with Crippen LogP contribution in [-0.2, 0) is 4.74 Å². The standard InChI is InChI=1S/C13H28N2O3/c1-11(2,3)18-10(17)15-8-13(6,7-14)12(4,5)9-16/h16H,7-9,14H2,1-6H3,(H,15,17). The van der Waals surface area contributed by atoms with Crippen molar-refractivity contribution < 1.29 is 14.6 Å². The molecule has 0 saturated carbocycles. The molecule has 0 bridgehead atoms. The summed E-state index contributed by atoms with van der Waals surface area (Å²) in [5, 5.41) is 12.1. The van der Waals surface area contributed by atoms with Gasteiger partial charge in [-0.1, -0.05) is 20.8 Å². The lowest BCUT2D eigenvalue weighted by Crippen LogP contribution is -2.51. The smallest absolute Gasteiger partial charge is 0.407 e. The van der Waals surface area contributed by atoms with Crippen LogP contribution >= 0.6 is 0 Å². The Morgan fingerprint density at radius 2 is 1.72 bits per heavy atom. The second-order valence-corrected chi connectivity index (χ2v) is 6.66. The minimum atomic E-state index is -0.518. The number of hydrogen-bond donors (Lipinski definition) is 3. The molecule has 5 heteroatoms. The number of alkyl carbamates (subject to hydrolysis) is 1. The number of nitrogens with one attached hydrogen (secondary N) is 1. The van der Waals surface area contributed by atoms with Crippen LogP contribution in [0.25, 0.3) is 0 Å². The van der Waals surface area contributed by atoms with E-state index in [4.69, 9.17) is 10.5 Å². The first-order chi connectivity index (χ1) is 7.97. The van der Waals surface area contributed by atoms with Crippen molar-refractivity contribution in [3.05, 3.63) is 0 Å². The third kappa shape index (κ3) is 4.82. The van der Waals surface area contributed by atoms with E-state index in [0.29, 0.717) is 13.1 Å². The molecule has 0 aliphatic carbocycles. The lowest BCUT2D eigenvalue weighted by molar-refractivity contribution is 0.0197. The number of carbonyl (C=O) groups is 1. The molecule has 0 saturated heterocycles. The Morgan fingerprint density at radius 1 is 1.22 bits per heavy atom. The molecule has 0 fully saturated rings. The molecule has 18 heavy (non-hydrogen) atoms. The predicted octanol–water partition coefficient (Wildman–Crippen LogP) is 1.49. The van der Waals surface area contributed by atoms with Gasteiger partial charge in [0.15, 0.2) is 0 Å². The van der Waals surface area contributed by atoms with Gasteiger partial charge in [-0.05, 0) is 32.7 Å². The quantitative estimate of drug-likeness (QED) is 0.699. The predicted molar refractivity (Wildman–Crippen MR) is 72.3 cm³/mol. The Balaban J connectivity index is 4.54. The molecule has 5 nitrogen and oxygen atoms in total. The average Bonchev–Trinajstić information content (AvgIpc) is 2.23. The molecule has 0 spiro atoms. The number of nitrogens with two attached hydrogens (primary N) is 1. The van der Waals surface area contributed by atoms with Crippen molar-refractivity contribution in [2.45, 2.75) is 47.1 Å². The zero-order valence-corrected chi connectivity index (χ0v) is 12.5. The minimum absolute atomic E-state index is 0.0106. The summed E-state index contributed by atoms with van der Waals surface area (Å²) in [7, 11) is 0. The Kier molecular flexibility index (Phi) is 5.62. The zero-order valence-electron chi connectivity index (χ0n) is 12.5. The van der Waals surface area contributed by atoms with Crippen molar-refractivity contribution >= 4 is 6.09 Å². The van der Waals surface area contributed by atoms with Crippen LogP contribution in [-0.4, -0.2) is 36.5 Å². The molecular weight excluding hydrogens is 232 g/mol. The first-order valence-corrected chi connectivity index (χ1v) is 6.25. The molecule has 0 heterocycles. The molecule has 0 rings (SSSR count). The highest BCUT2D eigenvalue weighted by molar-refractivity contribution is 5.67. The second-order valence-electron chi connectivity index (χ2n) is 6.66. The lowest BCUT2D eigenvalue weighted by atomic mass is 9.67. The highest BCUT2D eigenvalue weighted by Gasteiger charge is 2.40. The van der Waals surface area contributed by atoms with Gasteiger partial charge >= 0.3 is 6.09 Å². The molecule has 1 amide bonds. The van der Waals surface area contributed by atoms with Gasteiger partial charge in [-0.25, -0.2) is 4.79 Å². The maximum Gasteiger partial charge on any atom is 0.407 e. The summed E-state index contributed by atoms with van der Waals surface area (Å²) < 4.78 is 5.17. The van der Waals surface area contributed by atoms with E-state index < -0.39 is 17.1 Å². The van der Waals surface area contributed by atoms with Crippen LogP contribution in [0.2, 0.25) is 0 Å². The molecule has 1 unspecified atom stereocenters. The molecule has 108 valence electrons. The largest absolute Gasteiger partial charge is 0.444 e. The van der Waals surface area contributed by atoms with E-state index >= 15 is 0 Å². The summed E-state index contributed by atoms with van der Waals surface area (Å²) in [6.45, 7) is 12.0. The number of aliphatic hydroxyl groups excluding tert-OH is 1. The molecule has 0 radical (unpaired) electrons. The first-order valence-electron chi connectivity index (χ1n) is 6.25. The molecule has 0 aliphatic heterocycles. The van der Waals surface area contributed by atoms with Gasteiger partial charge in [0.05, 0.1) is 0 Å². The number of aliphatic hydroxyl groups is 1. The first kappa shape index (κ1) is 17.2. The van der Waals surface area contributed by atoms with Crippen LogP contribution in [0.1, 0.15) is 41.5 Å². The zero-order chi connectivity index (χ0) is 14.6. The fourth-order valence-electron chi connectivity index (χ4n) is 1.36. The number of hydrogen-bond acceptors (Lipinski definition) is 4. The molecular formula is C13H28N2O3. The van der Waals surface area contributed by atoms with Gasteiger partial charge in [0.1, 0.15) is 5.60 Å². The van der Waals surface area contributed by atoms with E-state index in [1.807, 2.05) is 41.5 Å². The Labute approximate surface area is 110 Å². The normalized spacial score (nSPS) is 16.0. The summed E-state index contributed by atoms with van der Waals surface area (Å²) in [6.07, 6.45) is -0.462. The van der Waals surface area contributed by atoms with Gasteiger partial charge in [0.2, 0.25) is 0 Å².